The molecule has 1 aliphatic heterocycles. The summed E-state index contributed by atoms with van der Waals surface area (Å²) in [6, 6.07) is 8.45. The van der Waals surface area contributed by atoms with E-state index < -0.39 is 0 Å². The van der Waals surface area contributed by atoms with E-state index in [2.05, 4.69) is 11.4 Å². The van der Waals surface area contributed by atoms with Crippen LogP contribution in [-0.4, -0.2) is 13.1 Å². The number of nitrogens with zero attached hydrogens (tertiary/aromatic N) is 1. The van der Waals surface area contributed by atoms with Crippen LogP contribution in [-0.2, 0) is 0 Å². The number of hydrogen-bond acceptors (Lipinski definition) is 2. The van der Waals surface area contributed by atoms with Gasteiger partial charge in [-0.2, -0.15) is 5.26 Å². The summed E-state index contributed by atoms with van der Waals surface area (Å²) in [5.74, 6) is -0.292. The molecule has 1 aliphatic rings. The number of hydrogen-bond donors (Lipinski definition) is 1. The largest absolute Gasteiger partial charge is 0.316 e. The number of benzene rings is 1. The van der Waals surface area contributed by atoms with Crippen LogP contribution in [0.3, 0.4) is 0 Å². The Morgan fingerprint density at radius 3 is 2.69 bits per heavy atom. The Balaban J connectivity index is 2.39. The van der Waals surface area contributed by atoms with Crippen LogP contribution in [0, 0.1) is 17.1 Å². The number of allylic oxidation sites excluding steroid dienone is 1. The summed E-state index contributed by atoms with van der Waals surface area (Å²) in [6.07, 6.45) is 1.75. The molecule has 0 radical (unpaired) electrons. The van der Waals surface area contributed by atoms with E-state index in [-0.39, 0.29) is 5.82 Å². The molecule has 16 heavy (non-hydrogen) atoms. The number of nitrogens with one attached hydrogen (secondary N) is 1. The molecule has 0 spiro atoms. The van der Waals surface area contributed by atoms with Gasteiger partial charge in [-0.15, -0.1) is 0 Å². The number of rotatable bonds is 1. The predicted molar refractivity (Wildman–Crippen MR) is 61.0 cm³/mol. The fraction of sp³-hybridized carbons (Fsp3) is 0.308. The molecule has 1 saturated heterocycles. The van der Waals surface area contributed by atoms with E-state index in [4.69, 9.17) is 0 Å². The van der Waals surface area contributed by atoms with Gasteiger partial charge in [0.2, 0.25) is 0 Å². The smallest absolute Gasteiger partial charge is 0.123 e. The van der Waals surface area contributed by atoms with Gasteiger partial charge in [-0.25, -0.2) is 4.39 Å². The van der Waals surface area contributed by atoms with E-state index in [0.717, 1.165) is 31.5 Å². The Labute approximate surface area is 94.4 Å². The third kappa shape index (κ3) is 2.29. The van der Waals surface area contributed by atoms with Crippen molar-refractivity contribution in [3.8, 4) is 6.07 Å². The molecule has 0 saturated carbocycles. The topological polar surface area (TPSA) is 35.8 Å². The van der Waals surface area contributed by atoms with Gasteiger partial charge in [0.1, 0.15) is 5.82 Å². The van der Waals surface area contributed by atoms with Crippen LogP contribution in [0.25, 0.3) is 5.57 Å². The first-order valence-corrected chi connectivity index (χ1v) is 5.40. The molecular weight excluding hydrogens is 203 g/mol. The average molecular weight is 216 g/mol. The van der Waals surface area contributed by atoms with Crippen molar-refractivity contribution < 1.29 is 4.39 Å². The Hall–Kier alpha value is -1.66. The summed E-state index contributed by atoms with van der Waals surface area (Å²) < 4.78 is 13.1. The maximum atomic E-state index is 13.1. The Bertz CT molecular complexity index is 449. The van der Waals surface area contributed by atoms with E-state index in [1.165, 1.54) is 12.1 Å². The monoisotopic (exact) mass is 216 g/mol. The van der Waals surface area contributed by atoms with E-state index in [1.807, 2.05) is 0 Å². The second-order valence-electron chi connectivity index (χ2n) is 3.85. The van der Waals surface area contributed by atoms with Crippen molar-refractivity contribution in [3.05, 3.63) is 41.2 Å². The molecule has 1 aromatic carbocycles. The lowest BCUT2D eigenvalue weighted by Crippen LogP contribution is -2.23. The molecule has 1 N–H and O–H groups in total. The van der Waals surface area contributed by atoms with Crippen LogP contribution < -0.4 is 5.32 Å². The molecule has 1 heterocycles. The summed E-state index contributed by atoms with van der Waals surface area (Å²) in [5.41, 5.74) is 2.47. The molecule has 0 atom stereocenters. The van der Waals surface area contributed by atoms with E-state index >= 15 is 0 Å². The summed E-state index contributed by atoms with van der Waals surface area (Å²) >= 11 is 0. The first-order valence-electron chi connectivity index (χ1n) is 5.40. The van der Waals surface area contributed by atoms with Crippen molar-refractivity contribution in [2.75, 3.05) is 13.1 Å². The van der Waals surface area contributed by atoms with Crippen molar-refractivity contribution in [3.63, 3.8) is 0 Å². The summed E-state index contributed by atoms with van der Waals surface area (Å²) in [6.45, 7) is 1.80. The van der Waals surface area contributed by atoms with Gasteiger partial charge in [0.05, 0.1) is 11.6 Å². The molecule has 0 unspecified atom stereocenters. The molecule has 2 nitrogen and oxygen atoms in total. The van der Waals surface area contributed by atoms with Crippen LogP contribution in [0.15, 0.2) is 29.8 Å². The van der Waals surface area contributed by atoms with Gasteiger partial charge in [0, 0.05) is 0 Å². The average Bonchev–Trinajstić information content (AvgIpc) is 2.31. The summed E-state index contributed by atoms with van der Waals surface area (Å²) in [7, 11) is 0. The van der Waals surface area contributed by atoms with Crippen LogP contribution in [0.5, 0.6) is 0 Å². The standard InChI is InChI=1S/C13H13FN2/c14-12-3-1-2-11(8-12)13(9-15)10-4-6-16-7-5-10/h1-3,8,16H,4-7H2. The van der Waals surface area contributed by atoms with Crippen LogP contribution in [0.2, 0.25) is 0 Å². The zero-order valence-corrected chi connectivity index (χ0v) is 8.96. The van der Waals surface area contributed by atoms with Crippen molar-refractivity contribution >= 4 is 5.57 Å². The Morgan fingerprint density at radius 1 is 1.31 bits per heavy atom. The molecule has 3 heteroatoms. The van der Waals surface area contributed by atoms with Gasteiger partial charge in [0.25, 0.3) is 0 Å². The zero-order valence-electron chi connectivity index (χ0n) is 8.96. The highest BCUT2D eigenvalue weighted by Gasteiger charge is 2.12. The van der Waals surface area contributed by atoms with Crippen molar-refractivity contribution in [2.45, 2.75) is 12.8 Å². The first-order chi connectivity index (χ1) is 7.81. The van der Waals surface area contributed by atoms with Gasteiger partial charge in [-0.1, -0.05) is 12.1 Å². The lowest BCUT2D eigenvalue weighted by Gasteiger charge is -2.17. The number of nitriles is 1. The summed E-state index contributed by atoms with van der Waals surface area (Å²) in [4.78, 5) is 0. The normalized spacial score (nSPS) is 15.6. The molecule has 2 rings (SSSR count). The SMILES string of the molecule is N#CC(=C1CCNCC1)c1cccc(F)c1. The van der Waals surface area contributed by atoms with Crippen LogP contribution in [0.1, 0.15) is 18.4 Å². The Kier molecular flexibility index (Phi) is 3.33. The first kappa shape index (κ1) is 10.8. The maximum Gasteiger partial charge on any atom is 0.123 e. The van der Waals surface area contributed by atoms with E-state index in [1.54, 1.807) is 12.1 Å². The van der Waals surface area contributed by atoms with Crippen molar-refractivity contribution in [2.24, 2.45) is 0 Å². The van der Waals surface area contributed by atoms with E-state index in [0.29, 0.717) is 11.1 Å². The highest BCUT2D eigenvalue weighted by Crippen LogP contribution is 2.24. The van der Waals surface area contributed by atoms with Gasteiger partial charge >= 0.3 is 0 Å². The lowest BCUT2D eigenvalue weighted by atomic mass is 9.95. The molecule has 1 aromatic rings. The second kappa shape index (κ2) is 4.91. The Morgan fingerprint density at radius 2 is 2.06 bits per heavy atom. The van der Waals surface area contributed by atoms with Crippen molar-refractivity contribution in [1.29, 1.82) is 5.26 Å². The van der Waals surface area contributed by atoms with Gasteiger partial charge in [0.15, 0.2) is 0 Å². The van der Waals surface area contributed by atoms with Crippen LogP contribution in [0.4, 0.5) is 4.39 Å². The van der Waals surface area contributed by atoms with Crippen molar-refractivity contribution in [1.82, 2.24) is 5.32 Å². The lowest BCUT2D eigenvalue weighted by molar-refractivity contribution is 0.611. The third-order valence-corrected chi connectivity index (χ3v) is 2.79. The zero-order chi connectivity index (χ0) is 11.4. The molecule has 0 amide bonds. The molecular formula is C13H13FN2. The highest BCUT2D eigenvalue weighted by atomic mass is 19.1. The van der Waals surface area contributed by atoms with Gasteiger partial charge in [-0.05, 0) is 49.2 Å². The molecule has 0 bridgehead atoms. The maximum absolute atomic E-state index is 13.1. The predicted octanol–water partition coefficient (Wildman–Crippen LogP) is 2.49. The van der Waals surface area contributed by atoms with E-state index in [9.17, 15) is 9.65 Å². The number of piperidine rings is 1. The third-order valence-electron chi connectivity index (χ3n) is 2.79. The second-order valence-corrected chi connectivity index (χ2v) is 3.85. The summed E-state index contributed by atoms with van der Waals surface area (Å²) in [5, 5.41) is 12.4. The highest BCUT2D eigenvalue weighted by molar-refractivity contribution is 5.79. The van der Waals surface area contributed by atoms with Crippen LogP contribution >= 0.6 is 0 Å². The van der Waals surface area contributed by atoms with Gasteiger partial charge < -0.3 is 5.32 Å². The molecule has 0 aromatic heterocycles. The molecule has 82 valence electrons. The molecule has 1 fully saturated rings. The number of halogens is 1. The minimum atomic E-state index is -0.292. The minimum absolute atomic E-state index is 0.292. The minimum Gasteiger partial charge on any atom is -0.316 e. The van der Waals surface area contributed by atoms with Gasteiger partial charge in [-0.3, -0.25) is 0 Å². The fourth-order valence-corrected chi connectivity index (χ4v) is 1.97. The quantitative estimate of drug-likeness (QED) is 0.732. The molecule has 0 aliphatic carbocycles. The fourth-order valence-electron chi connectivity index (χ4n) is 1.97.